The van der Waals surface area contributed by atoms with Crippen LogP contribution in [-0.2, 0) is 10.0 Å². The fourth-order valence-corrected chi connectivity index (χ4v) is 3.31. The zero-order chi connectivity index (χ0) is 17.2. The highest BCUT2D eigenvalue weighted by Gasteiger charge is 2.21. The molecule has 0 spiro atoms. The first-order chi connectivity index (χ1) is 10.7. The molecule has 2 aromatic rings. The number of nitrogens with one attached hydrogen (secondary N) is 2. The van der Waals surface area contributed by atoms with E-state index < -0.39 is 16.1 Å². The summed E-state index contributed by atoms with van der Waals surface area (Å²) >= 11 is 11.8. The second-order valence-electron chi connectivity index (χ2n) is 4.51. The molecule has 1 aromatic heterocycles. The fourth-order valence-electron chi connectivity index (χ4n) is 1.75. The van der Waals surface area contributed by atoms with E-state index >= 15 is 0 Å². The van der Waals surface area contributed by atoms with Gasteiger partial charge in [-0.05, 0) is 26.0 Å². The molecule has 2 N–H and O–H groups in total. The molecular weight excluding hydrogens is 363 g/mol. The smallest absolute Gasteiger partial charge is 0.290 e. The highest BCUT2D eigenvalue weighted by Crippen LogP contribution is 2.23. The van der Waals surface area contributed by atoms with Crippen molar-refractivity contribution in [3.05, 3.63) is 45.8 Å². The summed E-state index contributed by atoms with van der Waals surface area (Å²) in [7, 11) is -4.12. The fraction of sp³-hybridized carbons (Fsp3) is 0.154. The monoisotopic (exact) mass is 374 g/mol. The SMILES string of the molecule is Cc1nc(C)c(Cl)c(NC(=O)NS(=O)(=O)c2ccccc2Cl)n1. The van der Waals surface area contributed by atoms with E-state index in [0.717, 1.165) is 0 Å². The highest BCUT2D eigenvalue weighted by molar-refractivity contribution is 7.90. The molecular formula is C13H12Cl2N4O3S. The third kappa shape index (κ3) is 4.10. The van der Waals surface area contributed by atoms with Gasteiger partial charge in [0, 0.05) is 0 Å². The van der Waals surface area contributed by atoms with Crippen molar-refractivity contribution in [2.24, 2.45) is 0 Å². The first-order valence-corrected chi connectivity index (χ1v) is 8.53. The Bertz CT molecular complexity index is 872. The van der Waals surface area contributed by atoms with E-state index in [1.54, 1.807) is 19.9 Å². The molecule has 1 heterocycles. The zero-order valence-electron chi connectivity index (χ0n) is 12.1. The molecule has 0 saturated carbocycles. The lowest BCUT2D eigenvalue weighted by Crippen LogP contribution is -2.35. The summed E-state index contributed by atoms with van der Waals surface area (Å²) in [6, 6.07) is 4.75. The second kappa shape index (κ2) is 6.69. The maximum Gasteiger partial charge on any atom is 0.334 e. The molecule has 0 atom stereocenters. The molecule has 0 saturated heterocycles. The molecule has 0 aliphatic carbocycles. The van der Waals surface area contributed by atoms with Crippen molar-refractivity contribution in [1.82, 2.24) is 14.7 Å². The largest absolute Gasteiger partial charge is 0.334 e. The minimum absolute atomic E-state index is 0.000410. The first kappa shape index (κ1) is 17.5. The van der Waals surface area contributed by atoms with Crippen molar-refractivity contribution in [1.29, 1.82) is 0 Å². The molecule has 1 aromatic carbocycles. The lowest BCUT2D eigenvalue weighted by molar-refractivity contribution is 0.256. The van der Waals surface area contributed by atoms with Crippen LogP contribution in [0.2, 0.25) is 10.0 Å². The summed E-state index contributed by atoms with van der Waals surface area (Å²) in [5.41, 5.74) is 0.462. The number of hydrogen-bond acceptors (Lipinski definition) is 5. The van der Waals surface area contributed by atoms with E-state index in [1.807, 2.05) is 4.72 Å². The van der Waals surface area contributed by atoms with Gasteiger partial charge in [0.25, 0.3) is 10.0 Å². The second-order valence-corrected chi connectivity index (χ2v) is 6.94. The Labute approximate surface area is 143 Å². The molecule has 0 radical (unpaired) electrons. The summed E-state index contributed by atoms with van der Waals surface area (Å²) in [5.74, 6) is 0.402. The van der Waals surface area contributed by atoms with Crippen molar-refractivity contribution in [2.45, 2.75) is 18.7 Å². The van der Waals surface area contributed by atoms with Crippen LogP contribution in [0.3, 0.4) is 0 Å². The number of sulfonamides is 1. The minimum Gasteiger partial charge on any atom is -0.290 e. The molecule has 122 valence electrons. The van der Waals surface area contributed by atoms with Crippen molar-refractivity contribution in [3.63, 3.8) is 0 Å². The number of aryl methyl sites for hydroxylation is 2. The number of benzene rings is 1. The van der Waals surface area contributed by atoms with E-state index in [0.29, 0.717) is 11.5 Å². The number of aromatic nitrogens is 2. The van der Waals surface area contributed by atoms with Crippen LogP contribution in [0.5, 0.6) is 0 Å². The van der Waals surface area contributed by atoms with Gasteiger partial charge >= 0.3 is 6.03 Å². The van der Waals surface area contributed by atoms with Gasteiger partial charge in [-0.1, -0.05) is 35.3 Å². The Morgan fingerprint density at radius 3 is 2.43 bits per heavy atom. The van der Waals surface area contributed by atoms with Crippen molar-refractivity contribution in [2.75, 3.05) is 5.32 Å². The predicted molar refractivity (Wildman–Crippen MR) is 87.3 cm³/mol. The third-order valence-corrected chi connectivity index (χ3v) is 5.00. The molecule has 7 nitrogen and oxygen atoms in total. The molecule has 23 heavy (non-hydrogen) atoms. The normalized spacial score (nSPS) is 11.1. The average molecular weight is 375 g/mol. The lowest BCUT2D eigenvalue weighted by Gasteiger charge is -2.11. The van der Waals surface area contributed by atoms with Crippen LogP contribution >= 0.6 is 23.2 Å². The van der Waals surface area contributed by atoms with Crippen molar-refractivity contribution in [3.8, 4) is 0 Å². The summed E-state index contributed by atoms with van der Waals surface area (Å²) in [6.07, 6.45) is 0. The molecule has 0 fully saturated rings. The number of hydrogen-bond donors (Lipinski definition) is 2. The van der Waals surface area contributed by atoms with Gasteiger partial charge in [-0.15, -0.1) is 0 Å². The molecule has 0 aliphatic rings. The number of carbonyl (C=O) groups excluding carboxylic acids is 1. The van der Waals surface area contributed by atoms with Gasteiger partial charge in [-0.25, -0.2) is 27.9 Å². The van der Waals surface area contributed by atoms with Gasteiger partial charge in [0.2, 0.25) is 0 Å². The van der Waals surface area contributed by atoms with Crippen molar-refractivity contribution < 1.29 is 13.2 Å². The number of anilines is 1. The van der Waals surface area contributed by atoms with Crippen LogP contribution in [0.15, 0.2) is 29.2 Å². The van der Waals surface area contributed by atoms with Gasteiger partial charge in [-0.2, -0.15) is 0 Å². The van der Waals surface area contributed by atoms with Gasteiger partial charge in [0.05, 0.1) is 10.7 Å². The maximum atomic E-state index is 12.2. The van der Waals surface area contributed by atoms with E-state index in [2.05, 4.69) is 15.3 Å². The Morgan fingerprint density at radius 2 is 1.78 bits per heavy atom. The standard InChI is InChI=1S/C13H12Cl2N4O3S/c1-7-11(15)12(17-8(2)16-7)18-13(20)19-23(21,22)10-6-4-3-5-9(10)14/h3-6H,1-2H3,(H2,16,17,18,19,20). The summed E-state index contributed by atoms with van der Waals surface area (Å²) in [4.78, 5) is 19.7. The Hall–Kier alpha value is -1.90. The van der Waals surface area contributed by atoms with E-state index in [9.17, 15) is 13.2 Å². The van der Waals surface area contributed by atoms with Crippen LogP contribution in [0.4, 0.5) is 10.6 Å². The van der Waals surface area contributed by atoms with Crippen LogP contribution < -0.4 is 10.0 Å². The summed E-state index contributed by atoms with van der Waals surface area (Å²) in [5, 5.41) is 2.41. The quantitative estimate of drug-likeness (QED) is 0.859. The molecule has 10 heteroatoms. The predicted octanol–water partition coefficient (Wildman–Crippen LogP) is 2.91. The number of amides is 2. The van der Waals surface area contributed by atoms with Crippen LogP contribution in [0.1, 0.15) is 11.5 Å². The molecule has 0 bridgehead atoms. The number of nitrogens with zero attached hydrogens (tertiary/aromatic N) is 2. The number of rotatable bonds is 3. The topological polar surface area (TPSA) is 101 Å². The number of urea groups is 1. The van der Waals surface area contributed by atoms with E-state index in [4.69, 9.17) is 23.2 Å². The zero-order valence-corrected chi connectivity index (χ0v) is 14.4. The third-order valence-electron chi connectivity index (χ3n) is 2.71. The van der Waals surface area contributed by atoms with Crippen LogP contribution in [0, 0.1) is 13.8 Å². The van der Waals surface area contributed by atoms with Crippen molar-refractivity contribution >= 4 is 45.1 Å². The molecule has 2 amide bonds. The van der Waals surface area contributed by atoms with Gasteiger partial charge in [-0.3, -0.25) is 5.32 Å². The van der Waals surface area contributed by atoms with E-state index in [-0.39, 0.29) is 20.8 Å². The Balaban J connectivity index is 2.22. The van der Waals surface area contributed by atoms with Gasteiger partial charge in [0.1, 0.15) is 15.7 Å². The average Bonchev–Trinajstić information content (AvgIpc) is 2.43. The molecule has 0 aliphatic heterocycles. The highest BCUT2D eigenvalue weighted by atomic mass is 35.5. The van der Waals surface area contributed by atoms with Crippen LogP contribution in [-0.4, -0.2) is 24.4 Å². The number of carbonyl (C=O) groups is 1. The summed E-state index contributed by atoms with van der Waals surface area (Å²) < 4.78 is 26.1. The lowest BCUT2D eigenvalue weighted by atomic mass is 10.4. The Kier molecular flexibility index (Phi) is 5.08. The molecule has 0 unspecified atom stereocenters. The molecule has 2 rings (SSSR count). The Morgan fingerprint density at radius 1 is 1.13 bits per heavy atom. The maximum absolute atomic E-state index is 12.2. The minimum atomic E-state index is -4.12. The van der Waals surface area contributed by atoms with Crippen LogP contribution in [0.25, 0.3) is 0 Å². The first-order valence-electron chi connectivity index (χ1n) is 6.30. The van der Waals surface area contributed by atoms with E-state index in [1.165, 1.54) is 18.2 Å². The number of halogens is 2. The summed E-state index contributed by atoms with van der Waals surface area (Å²) in [6.45, 7) is 3.26. The van der Waals surface area contributed by atoms with Gasteiger partial charge in [0.15, 0.2) is 5.82 Å². The van der Waals surface area contributed by atoms with Gasteiger partial charge < -0.3 is 0 Å².